The number of halogens is 1. The number of anilines is 1. The van der Waals surface area contributed by atoms with Gasteiger partial charge in [-0.25, -0.2) is 4.98 Å². The van der Waals surface area contributed by atoms with Gasteiger partial charge in [-0.3, -0.25) is 4.79 Å². The van der Waals surface area contributed by atoms with Crippen molar-refractivity contribution in [3.05, 3.63) is 21.8 Å². The second-order valence-electron chi connectivity index (χ2n) is 4.35. The predicted octanol–water partition coefficient (Wildman–Crippen LogP) is 1.38. The summed E-state index contributed by atoms with van der Waals surface area (Å²) in [6.07, 6.45) is 0.366. The van der Waals surface area contributed by atoms with E-state index in [0.29, 0.717) is 32.1 Å². The number of aromatic nitrogens is 2. The average Bonchev–Trinajstić information content (AvgIpc) is 2.71. The van der Waals surface area contributed by atoms with Crippen LogP contribution in [0.15, 0.2) is 18.2 Å². The van der Waals surface area contributed by atoms with Crippen LogP contribution < -0.4 is 11.1 Å². The maximum atomic E-state index is 11.7. The molecule has 0 fully saturated rings. The molecule has 2 aromatic rings. The summed E-state index contributed by atoms with van der Waals surface area (Å²) in [6, 6.07) is 5.95. The van der Waals surface area contributed by atoms with E-state index in [2.05, 4.69) is 32.9 Å². The summed E-state index contributed by atoms with van der Waals surface area (Å²) in [4.78, 5) is 16.0. The zero-order valence-corrected chi connectivity index (χ0v) is 13.4. The van der Waals surface area contributed by atoms with Gasteiger partial charge in [-0.1, -0.05) is 0 Å². The van der Waals surface area contributed by atoms with Crippen molar-refractivity contribution in [1.29, 1.82) is 0 Å². The van der Waals surface area contributed by atoms with Crippen molar-refractivity contribution in [3.8, 4) is 0 Å². The standard InChI is InChI=1S/C13H17IN4O2/c1-20-7-5-16-12(19)4-6-18-11-3-2-9(14)8-10(11)17-13(18)15/h2-3,8H,4-7H2,1H3,(H2,15,17)(H,16,19). The van der Waals surface area contributed by atoms with E-state index in [-0.39, 0.29) is 5.91 Å². The fourth-order valence-electron chi connectivity index (χ4n) is 1.95. The number of hydrogen-bond donors (Lipinski definition) is 2. The molecular formula is C13H17IN4O2. The monoisotopic (exact) mass is 388 g/mol. The first kappa shape index (κ1) is 15.0. The summed E-state index contributed by atoms with van der Waals surface area (Å²) in [7, 11) is 1.60. The molecule has 0 aliphatic carbocycles. The number of carbonyl (C=O) groups is 1. The number of hydrogen-bond acceptors (Lipinski definition) is 4. The molecule has 0 radical (unpaired) electrons. The van der Waals surface area contributed by atoms with Crippen LogP contribution in [0.4, 0.5) is 5.95 Å². The Morgan fingerprint density at radius 1 is 1.55 bits per heavy atom. The number of amides is 1. The molecule has 0 bridgehead atoms. The fourth-order valence-corrected chi connectivity index (χ4v) is 2.43. The van der Waals surface area contributed by atoms with Crippen molar-refractivity contribution in [2.24, 2.45) is 0 Å². The highest BCUT2D eigenvalue weighted by molar-refractivity contribution is 14.1. The highest BCUT2D eigenvalue weighted by atomic mass is 127. The highest BCUT2D eigenvalue weighted by Gasteiger charge is 2.10. The Balaban J connectivity index is 2.02. The van der Waals surface area contributed by atoms with Crippen LogP contribution >= 0.6 is 22.6 Å². The van der Waals surface area contributed by atoms with E-state index in [1.165, 1.54) is 0 Å². The van der Waals surface area contributed by atoms with Gasteiger partial charge in [0.15, 0.2) is 0 Å². The van der Waals surface area contributed by atoms with Crippen molar-refractivity contribution in [1.82, 2.24) is 14.9 Å². The third-order valence-corrected chi connectivity index (χ3v) is 3.60. The van der Waals surface area contributed by atoms with Gasteiger partial charge in [0.1, 0.15) is 0 Å². The molecule has 108 valence electrons. The molecule has 1 aromatic heterocycles. The van der Waals surface area contributed by atoms with E-state index in [4.69, 9.17) is 10.5 Å². The second kappa shape index (κ2) is 6.89. The van der Waals surface area contributed by atoms with Gasteiger partial charge < -0.3 is 20.4 Å². The molecule has 3 N–H and O–H groups in total. The normalized spacial score (nSPS) is 10.9. The van der Waals surface area contributed by atoms with Gasteiger partial charge in [-0.15, -0.1) is 0 Å². The summed E-state index contributed by atoms with van der Waals surface area (Å²) in [5.74, 6) is 0.417. The van der Waals surface area contributed by atoms with Gasteiger partial charge in [0.05, 0.1) is 17.6 Å². The third-order valence-electron chi connectivity index (χ3n) is 2.93. The molecular weight excluding hydrogens is 371 g/mol. The Bertz CT molecular complexity index is 612. The minimum atomic E-state index is -0.0196. The maximum absolute atomic E-state index is 11.7. The number of ether oxygens (including phenoxy) is 1. The van der Waals surface area contributed by atoms with E-state index in [9.17, 15) is 4.79 Å². The number of nitrogens with two attached hydrogens (primary N) is 1. The molecule has 2 rings (SSSR count). The minimum absolute atomic E-state index is 0.0196. The van der Waals surface area contributed by atoms with Crippen molar-refractivity contribution < 1.29 is 9.53 Å². The highest BCUT2D eigenvalue weighted by Crippen LogP contribution is 2.20. The Kier molecular flexibility index (Phi) is 5.18. The number of rotatable bonds is 6. The topological polar surface area (TPSA) is 82.2 Å². The van der Waals surface area contributed by atoms with E-state index < -0.39 is 0 Å². The van der Waals surface area contributed by atoms with Crippen molar-refractivity contribution >= 4 is 45.5 Å². The van der Waals surface area contributed by atoms with Crippen molar-refractivity contribution in [3.63, 3.8) is 0 Å². The molecule has 6 nitrogen and oxygen atoms in total. The Morgan fingerprint density at radius 2 is 2.35 bits per heavy atom. The summed E-state index contributed by atoms with van der Waals surface area (Å²) >= 11 is 2.23. The lowest BCUT2D eigenvalue weighted by Gasteiger charge is -2.07. The fraction of sp³-hybridized carbons (Fsp3) is 0.385. The SMILES string of the molecule is COCCNC(=O)CCn1c(N)nc2cc(I)ccc21. The summed E-state index contributed by atoms with van der Waals surface area (Å²) < 4.78 is 7.85. The van der Waals surface area contributed by atoms with Crippen LogP contribution in [0.25, 0.3) is 11.0 Å². The molecule has 1 amide bonds. The van der Waals surface area contributed by atoms with Crippen LogP contribution in [-0.4, -0.2) is 35.7 Å². The Morgan fingerprint density at radius 3 is 3.10 bits per heavy atom. The van der Waals surface area contributed by atoms with Crippen LogP contribution in [0.3, 0.4) is 0 Å². The number of nitrogens with one attached hydrogen (secondary N) is 1. The first-order chi connectivity index (χ1) is 9.61. The quantitative estimate of drug-likeness (QED) is 0.579. The lowest BCUT2D eigenvalue weighted by molar-refractivity contribution is -0.121. The van der Waals surface area contributed by atoms with E-state index in [1.807, 2.05) is 22.8 Å². The molecule has 0 spiro atoms. The smallest absolute Gasteiger partial charge is 0.221 e. The van der Waals surface area contributed by atoms with Crippen LogP contribution in [0.2, 0.25) is 0 Å². The Labute approximate surface area is 130 Å². The number of nitrogens with zero attached hydrogens (tertiary/aromatic N) is 2. The molecule has 0 aliphatic rings. The third kappa shape index (κ3) is 3.60. The molecule has 0 unspecified atom stereocenters. The van der Waals surface area contributed by atoms with Crippen LogP contribution in [0.5, 0.6) is 0 Å². The number of methoxy groups -OCH3 is 1. The number of imidazole rings is 1. The first-order valence-corrected chi connectivity index (χ1v) is 7.36. The largest absolute Gasteiger partial charge is 0.383 e. The molecule has 1 aromatic carbocycles. The van der Waals surface area contributed by atoms with Crippen LogP contribution in [0, 0.1) is 3.57 Å². The van der Waals surface area contributed by atoms with E-state index >= 15 is 0 Å². The second-order valence-corrected chi connectivity index (χ2v) is 5.59. The van der Waals surface area contributed by atoms with Gasteiger partial charge in [0.25, 0.3) is 0 Å². The molecule has 1 heterocycles. The molecule has 0 aliphatic heterocycles. The van der Waals surface area contributed by atoms with Gasteiger partial charge >= 0.3 is 0 Å². The number of nitrogen functional groups attached to an aromatic ring is 1. The molecule has 20 heavy (non-hydrogen) atoms. The number of aryl methyl sites for hydroxylation is 1. The predicted molar refractivity (Wildman–Crippen MR) is 86.4 cm³/mol. The molecule has 0 saturated carbocycles. The first-order valence-electron chi connectivity index (χ1n) is 6.28. The summed E-state index contributed by atoms with van der Waals surface area (Å²) in [6.45, 7) is 1.55. The van der Waals surface area contributed by atoms with Crippen LogP contribution in [-0.2, 0) is 16.1 Å². The average molecular weight is 388 g/mol. The number of carbonyl (C=O) groups excluding carboxylic acids is 1. The zero-order chi connectivity index (χ0) is 14.5. The van der Waals surface area contributed by atoms with Crippen molar-refractivity contribution in [2.75, 3.05) is 26.0 Å². The van der Waals surface area contributed by atoms with Gasteiger partial charge in [0.2, 0.25) is 11.9 Å². The van der Waals surface area contributed by atoms with Crippen LogP contribution in [0.1, 0.15) is 6.42 Å². The lowest BCUT2D eigenvalue weighted by atomic mass is 10.3. The molecule has 7 heteroatoms. The molecule has 0 saturated heterocycles. The van der Waals surface area contributed by atoms with E-state index in [1.54, 1.807) is 7.11 Å². The maximum Gasteiger partial charge on any atom is 0.221 e. The summed E-state index contributed by atoms with van der Waals surface area (Å²) in [5.41, 5.74) is 7.72. The number of benzene rings is 1. The molecule has 0 atom stereocenters. The summed E-state index contributed by atoms with van der Waals surface area (Å²) in [5, 5.41) is 2.78. The van der Waals surface area contributed by atoms with Crippen molar-refractivity contribution in [2.45, 2.75) is 13.0 Å². The Hall–Kier alpha value is -1.35. The van der Waals surface area contributed by atoms with E-state index in [0.717, 1.165) is 14.6 Å². The van der Waals surface area contributed by atoms with Gasteiger partial charge in [0, 0.05) is 30.2 Å². The van der Waals surface area contributed by atoms with Gasteiger partial charge in [-0.05, 0) is 40.8 Å². The minimum Gasteiger partial charge on any atom is -0.383 e. The van der Waals surface area contributed by atoms with Gasteiger partial charge in [-0.2, -0.15) is 0 Å². The number of fused-ring (bicyclic) bond motifs is 1. The lowest BCUT2D eigenvalue weighted by Crippen LogP contribution is -2.27. The zero-order valence-electron chi connectivity index (χ0n) is 11.2.